The highest BCUT2D eigenvalue weighted by atomic mass is 127. The summed E-state index contributed by atoms with van der Waals surface area (Å²) >= 11 is 0. The van der Waals surface area contributed by atoms with Crippen molar-refractivity contribution in [2.24, 2.45) is 4.99 Å². The highest BCUT2D eigenvalue weighted by molar-refractivity contribution is 14.0. The van der Waals surface area contributed by atoms with E-state index in [-0.39, 0.29) is 48.0 Å². The molecule has 1 aliphatic rings. The Kier molecular flexibility index (Phi) is 10.5. The van der Waals surface area contributed by atoms with Gasteiger partial charge in [0, 0.05) is 38.3 Å². The lowest BCUT2D eigenvalue weighted by atomic mass is 10.1. The number of likely N-dealkylation sites (tertiary alicyclic amines) is 1. The summed E-state index contributed by atoms with van der Waals surface area (Å²) in [5.41, 5.74) is 0.225. The van der Waals surface area contributed by atoms with Crippen molar-refractivity contribution in [1.29, 1.82) is 0 Å². The fourth-order valence-electron chi connectivity index (χ4n) is 2.86. The van der Waals surface area contributed by atoms with Gasteiger partial charge in [-0.15, -0.1) is 24.0 Å². The molecule has 2 rings (SSSR count). The van der Waals surface area contributed by atoms with E-state index in [1.807, 2.05) is 6.92 Å². The molecule has 1 aromatic carbocycles. The molecule has 1 amide bonds. The number of piperidine rings is 1. The minimum absolute atomic E-state index is 0. The third kappa shape index (κ3) is 7.96. The van der Waals surface area contributed by atoms with Crippen LogP contribution in [0.15, 0.2) is 23.2 Å². The van der Waals surface area contributed by atoms with Gasteiger partial charge in [0.2, 0.25) is 5.91 Å². The first kappa shape index (κ1) is 23.5. The SMILES string of the molecule is CCNC(=NCc1cc(F)ccc1F)NC1CCN(CC(=O)NC)CC1.I. The van der Waals surface area contributed by atoms with Crippen LogP contribution in [-0.4, -0.2) is 56.0 Å². The van der Waals surface area contributed by atoms with Crippen LogP contribution in [0.2, 0.25) is 0 Å². The van der Waals surface area contributed by atoms with Gasteiger partial charge in [-0.25, -0.2) is 13.8 Å². The summed E-state index contributed by atoms with van der Waals surface area (Å²) in [5, 5.41) is 9.11. The molecular formula is C18H28F2IN5O. The third-order valence-corrected chi connectivity index (χ3v) is 4.33. The van der Waals surface area contributed by atoms with Crippen molar-refractivity contribution in [3.63, 3.8) is 0 Å². The fourth-order valence-corrected chi connectivity index (χ4v) is 2.86. The van der Waals surface area contributed by atoms with Crippen LogP contribution in [0.3, 0.4) is 0 Å². The molecule has 0 spiro atoms. The molecule has 6 nitrogen and oxygen atoms in total. The molecule has 1 saturated heterocycles. The second-order valence-electron chi connectivity index (χ2n) is 6.30. The van der Waals surface area contributed by atoms with E-state index in [2.05, 4.69) is 25.8 Å². The predicted molar refractivity (Wildman–Crippen MR) is 113 cm³/mol. The van der Waals surface area contributed by atoms with Crippen LogP contribution in [0.5, 0.6) is 0 Å². The van der Waals surface area contributed by atoms with E-state index in [4.69, 9.17) is 0 Å². The topological polar surface area (TPSA) is 68.8 Å². The van der Waals surface area contributed by atoms with Crippen LogP contribution in [0.1, 0.15) is 25.3 Å². The Morgan fingerprint density at radius 1 is 1.30 bits per heavy atom. The van der Waals surface area contributed by atoms with Gasteiger partial charge in [-0.05, 0) is 38.0 Å². The number of carbonyl (C=O) groups excluding carboxylic acids is 1. The second kappa shape index (κ2) is 12.1. The lowest BCUT2D eigenvalue weighted by Gasteiger charge is -2.32. The van der Waals surface area contributed by atoms with Crippen molar-refractivity contribution >= 4 is 35.8 Å². The van der Waals surface area contributed by atoms with Crippen molar-refractivity contribution in [3.05, 3.63) is 35.4 Å². The van der Waals surface area contributed by atoms with Crippen LogP contribution < -0.4 is 16.0 Å². The highest BCUT2D eigenvalue weighted by Crippen LogP contribution is 2.12. The molecule has 9 heteroatoms. The average Bonchev–Trinajstić information content (AvgIpc) is 2.64. The minimum Gasteiger partial charge on any atom is -0.358 e. The number of amides is 1. The molecule has 0 atom stereocenters. The first-order chi connectivity index (χ1) is 12.5. The number of hydrogen-bond acceptors (Lipinski definition) is 3. The summed E-state index contributed by atoms with van der Waals surface area (Å²) in [6.07, 6.45) is 1.77. The lowest BCUT2D eigenvalue weighted by molar-refractivity contribution is -0.122. The van der Waals surface area contributed by atoms with Crippen molar-refractivity contribution in [2.45, 2.75) is 32.4 Å². The molecule has 152 valence electrons. The Bertz CT molecular complexity index is 636. The van der Waals surface area contributed by atoms with Crippen LogP contribution in [0.4, 0.5) is 8.78 Å². The number of nitrogens with one attached hydrogen (secondary N) is 3. The maximum absolute atomic E-state index is 13.7. The number of aliphatic imine (C=N–C) groups is 1. The number of hydrogen-bond donors (Lipinski definition) is 3. The molecule has 1 aromatic rings. The molecule has 1 fully saturated rings. The summed E-state index contributed by atoms with van der Waals surface area (Å²) in [5.74, 6) is -0.337. The smallest absolute Gasteiger partial charge is 0.233 e. The van der Waals surface area contributed by atoms with Crippen molar-refractivity contribution in [1.82, 2.24) is 20.9 Å². The first-order valence-corrected chi connectivity index (χ1v) is 8.93. The zero-order valence-electron chi connectivity index (χ0n) is 15.7. The Morgan fingerprint density at radius 2 is 2.00 bits per heavy atom. The monoisotopic (exact) mass is 495 g/mol. The van der Waals surface area contributed by atoms with Gasteiger partial charge in [0.05, 0.1) is 13.1 Å². The van der Waals surface area contributed by atoms with Crippen molar-refractivity contribution in [2.75, 3.05) is 33.2 Å². The summed E-state index contributed by atoms with van der Waals surface area (Å²) in [6.45, 7) is 4.75. The molecule has 1 aliphatic heterocycles. The van der Waals surface area contributed by atoms with Gasteiger partial charge < -0.3 is 16.0 Å². The molecule has 0 bridgehead atoms. The fraction of sp³-hybridized carbons (Fsp3) is 0.556. The molecule has 0 aromatic heterocycles. The number of rotatable bonds is 6. The van der Waals surface area contributed by atoms with E-state index in [0.29, 0.717) is 19.0 Å². The normalized spacial score (nSPS) is 15.8. The summed E-state index contributed by atoms with van der Waals surface area (Å²) < 4.78 is 27.0. The van der Waals surface area contributed by atoms with E-state index in [1.165, 1.54) is 6.07 Å². The molecule has 0 radical (unpaired) electrons. The maximum atomic E-state index is 13.7. The van der Waals surface area contributed by atoms with Gasteiger partial charge in [-0.2, -0.15) is 0 Å². The van der Waals surface area contributed by atoms with Crippen molar-refractivity contribution < 1.29 is 13.6 Å². The van der Waals surface area contributed by atoms with Gasteiger partial charge >= 0.3 is 0 Å². The minimum atomic E-state index is -0.474. The first-order valence-electron chi connectivity index (χ1n) is 8.93. The Morgan fingerprint density at radius 3 is 2.63 bits per heavy atom. The summed E-state index contributed by atoms with van der Waals surface area (Å²) in [4.78, 5) is 17.9. The molecule has 0 aliphatic carbocycles. The molecule has 0 saturated carbocycles. The number of likely N-dealkylation sites (N-methyl/N-ethyl adjacent to an activating group) is 1. The molecule has 0 unspecified atom stereocenters. The third-order valence-electron chi connectivity index (χ3n) is 4.33. The Labute approximate surface area is 176 Å². The largest absolute Gasteiger partial charge is 0.358 e. The van der Waals surface area contributed by atoms with E-state index >= 15 is 0 Å². The number of guanidine groups is 1. The van der Waals surface area contributed by atoms with Crippen LogP contribution in [0.25, 0.3) is 0 Å². The zero-order valence-corrected chi connectivity index (χ0v) is 18.1. The number of nitrogens with zero attached hydrogens (tertiary/aromatic N) is 2. The van der Waals surface area contributed by atoms with E-state index in [0.717, 1.165) is 38.1 Å². The molecular weight excluding hydrogens is 467 g/mol. The second-order valence-corrected chi connectivity index (χ2v) is 6.30. The molecule has 3 N–H and O–H groups in total. The number of benzene rings is 1. The van der Waals surface area contributed by atoms with E-state index in [9.17, 15) is 13.6 Å². The average molecular weight is 495 g/mol. The number of halogens is 3. The van der Waals surface area contributed by atoms with Gasteiger partial charge in [-0.1, -0.05) is 0 Å². The standard InChI is InChI=1S/C18H27F2N5O.HI/c1-3-22-18(23-11-13-10-14(19)4-5-16(13)20)24-15-6-8-25(9-7-15)12-17(26)21-2;/h4-5,10,15H,3,6-9,11-12H2,1-2H3,(H,21,26)(H2,22,23,24);1H. The van der Waals surface area contributed by atoms with Crippen LogP contribution in [-0.2, 0) is 11.3 Å². The lowest BCUT2D eigenvalue weighted by Crippen LogP contribution is -2.50. The highest BCUT2D eigenvalue weighted by Gasteiger charge is 2.21. The molecule has 1 heterocycles. The van der Waals surface area contributed by atoms with E-state index in [1.54, 1.807) is 7.05 Å². The van der Waals surface area contributed by atoms with Crippen LogP contribution in [0, 0.1) is 11.6 Å². The molecule has 27 heavy (non-hydrogen) atoms. The zero-order chi connectivity index (χ0) is 18.9. The number of carbonyl (C=O) groups is 1. The predicted octanol–water partition coefficient (Wildman–Crippen LogP) is 1.85. The van der Waals surface area contributed by atoms with Gasteiger partial charge in [-0.3, -0.25) is 9.69 Å². The Hall–Kier alpha value is -1.49. The summed E-state index contributed by atoms with van der Waals surface area (Å²) in [6, 6.07) is 3.60. The van der Waals surface area contributed by atoms with Gasteiger partial charge in [0.15, 0.2) is 5.96 Å². The van der Waals surface area contributed by atoms with Crippen LogP contribution >= 0.6 is 24.0 Å². The van der Waals surface area contributed by atoms with Gasteiger partial charge in [0.25, 0.3) is 0 Å². The summed E-state index contributed by atoms with van der Waals surface area (Å²) in [7, 11) is 1.64. The van der Waals surface area contributed by atoms with E-state index < -0.39 is 11.6 Å². The van der Waals surface area contributed by atoms with Crippen molar-refractivity contribution in [3.8, 4) is 0 Å². The van der Waals surface area contributed by atoms with Gasteiger partial charge in [0.1, 0.15) is 11.6 Å². The Balaban J connectivity index is 0.00000364. The quantitative estimate of drug-likeness (QED) is 0.320. The maximum Gasteiger partial charge on any atom is 0.233 e.